The number of carbonyl (C=O) groups is 1. The van der Waals surface area contributed by atoms with Crippen molar-refractivity contribution >= 4 is 11.6 Å². The Morgan fingerprint density at radius 2 is 1.87 bits per heavy atom. The van der Waals surface area contributed by atoms with Crippen molar-refractivity contribution in [3.8, 4) is 34.4 Å². The van der Waals surface area contributed by atoms with Crippen LogP contribution < -0.4 is 24.3 Å². The second-order valence-corrected chi connectivity index (χ2v) is 6.53. The van der Waals surface area contributed by atoms with Crippen molar-refractivity contribution in [3.63, 3.8) is 0 Å². The maximum Gasteiger partial charge on any atom is 0.265 e. The molecule has 1 amide bonds. The number of ether oxygens (including phenoxy) is 4. The third-order valence-electron chi connectivity index (χ3n) is 4.41. The molecule has 1 aliphatic rings. The lowest BCUT2D eigenvalue weighted by atomic mass is 10.1. The summed E-state index contributed by atoms with van der Waals surface area (Å²) in [6, 6.07) is 16.2. The number of nitrogens with zero attached hydrogens (tertiary/aromatic N) is 2. The molecule has 4 rings (SSSR count). The minimum Gasteiger partial charge on any atom is -0.481 e. The number of hydrogen-bond acceptors (Lipinski definition) is 7. The van der Waals surface area contributed by atoms with Crippen molar-refractivity contribution < 1.29 is 23.7 Å². The lowest BCUT2D eigenvalue weighted by Crippen LogP contribution is -2.30. The topological polar surface area (TPSA) is 91.8 Å². The zero-order chi connectivity index (χ0) is 20.9. The quantitative estimate of drug-likeness (QED) is 0.639. The molecule has 0 bridgehead atoms. The van der Waals surface area contributed by atoms with Gasteiger partial charge in [0.1, 0.15) is 5.75 Å². The Labute approximate surface area is 173 Å². The van der Waals surface area contributed by atoms with Gasteiger partial charge in [-0.2, -0.15) is 0 Å². The van der Waals surface area contributed by atoms with Gasteiger partial charge in [0.05, 0.1) is 12.3 Å². The molecule has 3 aromatic rings. The molecule has 0 radical (unpaired) electrons. The average Bonchev–Trinajstić information content (AvgIpc) is 3.23. The van der Waals surface area contributed by atoms with Crippen LogP contribution in [0.4, 0.5) is 5.69 Å². The SMILES string of the molecule is CCOc1ccc(-c2ccc(NC(=O)C(C)Oc3ccc4c(c3)OCO4)cc2)nn1. The summed E-state index contributed by atoms with van der Waals surface area (Å²) in [6.07, 6.45) is -0.693. The highest BCUT2D eigenvalue weighted by molar-refractivity contribution is 5.94. The molecule has 1 N–H and O–H groups in total. The molecular formula is C22H21N3O5. The maximum absolute atomic E-state index is 12.5. The molecule has 0 saturated heterocycles. The van der Waals surface area contributed by atoms with Gasteiger partial charge in [-0.05, 0) is 44.2 Å². The summed E-state index contributed by atoms with van der Waals surface area (Å²) < 4.78 is 21.6. The van der Waals surface area contributed by atoms with E-state index in [1.165, 1.54) is 0 Å². The predicted molar refractivity (Wildman–Crippen MR) is 110 cm³/mol. The van der Waals surface area contributed by atoms with Crippen LogP contribution in [0.1, 0.15) is 13.8 Å². The van der Waals surface area contributed by atoms with Crippen molar-refractivity contribution in [1.29, 1.82) is 0 Å². The number of nitrogens with one attached hydrogen (secondary N) is 1. The first-order chi connectivity index (χ1) is 14.6. The molecule has 8 nitrogen and oxygen atoms in total. The number of anilines is 1. The number of benzene rings is 2. The molecule has 0 saturated carbocycles. The van der Waals surface area contributed by atoms with E-state index in [-0.39, 0.29) is 12.7 Å². The highest BCUT2D eigenvalue weighted by atomic mass is 16.7. The molecule has 0 aliphatic carbocycles. The predicted octanol–water partition coefficient (Wildman–Crippen LogP) is 3.68. The van der Waals surface area contributed by atoms with Crippen molar-refractivity contribution in [1.82, 2.24) is 10.2 Å². The fourth-order valence-electron chi connectivity index (χ4n) is 2.87. The molecule has 0 fully saturated rings. The van der Waals surface area contributed by atoms with E-state index in [0.29, 0.717) is 35.4 Å². The molecule has 0 spiro atoms. The van der Waals surface area contributed by atoms with Gasteiger partial charge in [-0.25, -0.2) is 0 Å². The van der Waals surface area contributed by atoms with Crippen LogP contribution in [-0.4, -0.2) is 35.6 Å². The molecule has 30 heavy (non-hydrogen) atoms. The van der Waals surface area contributed by atoms with E-state index in [4.69, 9.17) is 18.9 Å². The summed E-state index contributed by atoms with van der Waals surface area (Å²) >= 11 is 0. The molecule has 1 unspecified atom stereocenters. The second kappa shape index (κ2) is 8.69. The Morgan fingerprint density at radius 1 is 1.07 bits per heavy atom. The van der Waals surface area contributed by atoms with Crippen molar-refractivity contribution in [3.05, 3.63) is 54.6 Å². The third-order valence-corrected chi connectivity index (χ3v) is 4.41. The van der Waals surface area contributed by atoms with Crippen molar-refractivity contribution in [2.45, 2.75) is 20.0 Å². The average molecular weight is 407 g/mol. The number of fused-ring (bicyclic) bond motifs is 1. The van der Waals surface area contributed by atoms with E-state index >= 15 is 0 Å². The van der Waals surface area contributed by atoms with Crippen LogP contribution in [0, 0.1) is 0 Å². The first kappa shape index (κ1) is 19.5. The summed E-state index contributed by atoms with van der Waals surface area (Å²) in [6.45, 7) is 4.31. The number of aromatic nitrogens is 2. The molecule has 1 atom stereocenters. The fraction of sp³-hybridized carbons (Fsp3) is 0.227. The van der Waals surface area contributed by atoms with Crippen molar-refractivity contribution in [2.24, 2.45) is 0 Å². The first-order valence-corrected chi connectivity index (χ1v) is 9.56. The van der Waals surface area contributed by atoms with E-state index < -0.39 is 6.10 Å². The van der Waals surface area contributed by atoms with E-state index in [1.54, 1.807) is 43.3 Å². The number of hydrogen-bond donors (Lipinski definition) is 1. The minimum absolute atomic E-state index is 0.188. The first-order valence-electron chi connectivity index (χ1n) is 9.56. The van der Waals surface area contributed by atoms with Gasteiger partial charge in [0.2, 0.25) is 12.7 Å². The van der Waals surface area contributed by atoms with Gasteiger partial charge < -0.3 is 24.3 Å². The van der Waals surface area contributed by atoms with Gasteiger partial charge in [-0.3, -0.25) is 4.79 Å². The van der Waals surface area contributed by atoms with Crippen molar-refractivity contribution in [2.75, 3.05) is 18.7 Å². The Kier molecular flexibility index (Phi) is 5.65. The van der Waals surface area contributed by atoms with Crippen LogP contribution in [0.15, 0.2) is 54.6 Å². The molecule has 1 aliphatic heterocycles. The fourth-order valence-corrected chi connectivity index (χ4v) is 2.87. The summed E-state index contributed by atoms with van der Waals surface area (Å²) in [5.74, 6) is 2.03. The van der Waals surface area contributed by atoms with E-state index in [1.807, 2.05) is 25.1 Å². The van der Waals surface area contributed by atoms with Crippen LogP contribution >= 0.6 is 0 Å². The third kappa shape index (κ3) is 4.43. The maximum atomic E-state index is 12.5. The number of amides is 1. The van der Waals surface area contributed by atoms with E-state index in [9.17, 15) is 4.79 Å². The smallest absolute Gasteiger partial charge is 0.265 e. The highest BCUT2D eigenvalue weighted by Gasteiger charge is 2.18. The lowest BCUT2D eigenvalue weighted by molar-refractivity contribution is -0.122. The molecule has 1 aromatic heterocycles. The Bertz CT molecular complexity index is 1020. The zero-order valence-electron chi connectivity index (χ0n) is 16.6. The Morgan fingerprint density at radius 3 is 2.60 bits per heavy atom. The van der Waals surface area contributed by atoms with Gasteiger partial charge in [0, 0.05) is 23.4 Å². The zero-order valence-corrected chi connectivity index (χ0v) is 16.6. The minimum atomic E-state index is -0.693. The van der Waals surface area contributed by atoms with Crippen LogP contribution in [-0.2, 0) is 4.79 Å². The van der Waals surface area contributed by atoms with Gasteiger partial charge >= 0.3 is 0 Å². The largest absolute Gasteiger partial charge is 0.481 e. The van der Waals surface area contributed by atoms with Crippen LogP contribution in [0.25, 0.3) is 11.3 Å². The molecule has 2 heterocycles. The summed E-state index contributed by atoms with van der Waals surface area (Å²) in [5, 5.41) is 11.0. The van der Waals surface area contributed by atoms with E-state index in [0.717, 1.165) is 11.3 Å². The van der Waals surface area contributed by atoms with Gasteiger partial charge in [0.25, 0.3) is 5.91 Å². The van der Waals surface area contributed by atoms with Gasteiger partial charge in [-0.15, -0.1) is 10.2 Å². The van der Waals surface area contributed by atoms with E-state index in [2.05, 4.69) is 15.5 Å². The Balaban J connectivity index is 1.36. The molecule has 154 valence electrons. The van der Waals surface area contributed by atoms with Crippen LogP contribution in [0.3, 0.4) is 0 Å². The van der Waals surface area contributed by atoms with Crippen LogP contribution in [0.5, 0.6) is 23.1 Å². The standard InChI is InChI=1S/C22H21N3O5/c1-3-27-21-11-9-18(24-25-21)15-4-6-16(7-5-15)23-22(26)14(2)30-17-8-10-19-20(12-17)29-13-28-19/h4-12,14H,3,13H2,1-2H3,(H,23,26). The monoisotopic (exact) mass is 407 g/mol. The molecule has 8 heteroatoms. The summed E-state index contributed by atoms with van der Waals surface area (Å²) in [5.41, 5.74) is 2.26. The van der Waals surface area contributed by atoms with Gasteiger partial charge in [-0.1, -0.05) is 12.1 Å². The lowest BCUT2D eigenvalue weighted by Gasteiger charge is -2.15. The van der Waals surface area contributed by atoms with Gasteiger partial charge in [0.15, 0.2) is 17.6 Å². The normalized spacial score (nSPS) is 12.9. The van der Waals surface area contributed by atoms with Crippen LogP contribution in [0.2, 0.25) is 0 Å². The number of carbonyl (C=O) groups excluding carboxylic acids is 1. The molecule has 2 aromatic carbocycles. The number of rotatable bonds is 7. The Hall–Kier alpha value is -3.81. The summed E-state index contributed by atoms with van der Waals surface area (Å²) in [4.78, 5) is 12.5. The highest BCUT2D eigenvalue weighted by Crippen LogP contribution is 2.35. The second-order valence-electron chi connectivity index (χ2n) is 6.53. The molecular weight excluding hydrogens is 386 g/mol. The summed E-state index contributed by atoms with van der Waals surface area (Å²) in [7, 11) is 0.